The number of fused-ring (bicyclic) bond motifs is 1. The van der Waals surface area contributed by atoms with E-state index in [0.29, 0.717) is 19.5 Å². The highest BCUT2D eigenvalue weighted by atomic mass is 35.5. The van der Waals surface area contributed by atoms with Crippen LogP contribution in [0.2, 0.25) is 0 Å². The second-order valence-electron chi connectivity index (χ2n) is 7.28. The van der Waals surface area contributed by atoms with E-state index in [-0.39, 0.29) is 30.0 Å². The van der Waals surface area contributed by atoms with Gasteiger partial charge in [-0.2, -0.15) is 0 Å². The summed E-state index contributed by atoms with van der Waals surface area (Å²) in [5, 5.41) is 6.36. The SMILES string of the molecule is Cl.O=C(NCCN1CCNCC1)C1Cc2ccccc2CN1C(=O)c1ccco1. The van der Waals surface area contributed by atoms with Crippen LogP contribution >= 0.6 is 12.4 Å². The number of amides is 2. The Labute approximate surface area is 176 Å². The van der Waals surface area contributed by atoms with Gasteiger partial charge in [0.2, 0.25) is 5.91 Å². The van der Waals surface area contributed by atoms with Crippen LogP contribution in [0.15, 0.2) is 47.1 Å². The van der Waals surface area contributed by atoms with Crippen molar-refractivity contribution in [2.75, 3.05) is 39.3 Å². The number of halogens is 1. The molecule has 1 unspecified atom stereocenters. The van der Waals surface area contributed by atoms with E-state index in [1.165, 1.54) is 6.26 Å². The van der Waals surface area contributed by atoms with Gasteiger partial charge in [-0.05, 0) is 23.3 Å². The van der Waals surface area contributed by atoms with E-state index in [2.05, 4.69) is 15.5 Å². The molecule has 3 heterocycles. The highest BCUT2D eigenvalue weighted by Crippen LogP contribution is 2.25. The van der Waals surface area contributed by atoms with Crippen LogP contribution in [-0.2, 0) is 17.8 Å². The molecule has 2 amide bonds. The average Bonchev–Trinajstić information content (AvgIpc) is 3.28. The molecule has 2 N–H and O–H groups in total. The van der Waals surface area contributed by atoms with Crippen LogP contribution in [0.3, 0.4) is 0 Å². The third-order valence-corrected chi connectivity index (χ3v) is 5.48. The van der Waals surface area contributed by atoms with Crippen molar-refractivity contribution in [3.63, 3.8) is 0 Å². The first-order chi connectivity index (χ1) is 13.7. The fourth-order valence-electron chi connectivity index (χ4n) is 3.90. The zero-order valence-electron chi connectivity index (χ0n) is 16.3. The molecule has 0 radical (unpaired) electrons. The number of nitrogens with one attached hydrogen (secondary N) is 2. The first-order valence-corrected chi connectivity index (χ1v) is 9.84. The van der Waals surface area contributed by atoms with E-state index in [9.17, 15) is 9.59 Å². The summed E-state index contributed by atoms with van der Waals surface area (Å²) >= 11 is 0. The van der Waals surface area contributed by atoms with Crippen molar-refractivity contribution in [1.82, 2.24) is 20.4 Å². The van der Waals surface area contributed by atoms with Gasteiger partial charge in [-0.1, -0.05) is 24.3 Å². The Balaban J connectivity index is 0.00000240. The van der Waals surface area contributed by atoms with Gasteiger partial charge < -0.3 is 20.0 Å². The van der Waals surface area contributed by atoms with Gasteiger partial charge in [0.15, 0.2) is 5.76 Å². The molecule has 0 aliphatic carbocycles. The molecule has 156 valence electrons. The molecule has 0 saturated carbocycles. The van der Waals surface area contributed by atoms with Crippen molar-refractivity contribution >= 4 is 24.2 Å². The maximum atomic E-state index is 13.0. The predicted octanol–water partition coefficient (Wildman–Crippen LogP) is 1.29. The second-order valence-corrected chi connectivity index (χ2v) is 7.28. The lowest BCUT2D eigenvalue weighted by Crippen LogP contribution is -2.53. The average molecular weight is 419 g/mol. The van der Waals surface area contributed by atoms with Gasteiger partial charge in [0.1, 0.15) is 6.04 Å². The molecule has 1 saturated heterocycles. The van der Waals surface area contributed by atoms with Crippen LogP contribution < -0.4 is 10.6 Å². The quantitative estimate of drug-likeness (QED) is 0.765. The fourth-order valence-corrected chi connectivity index (χ4v) is 3.90. The number of hydrogen-bond donors (Lipinski definition) is 2. The normalized spacial score (nSPS) is 19.2. The summed E-state index contributed by atoms with van der Waals surface area (Å²) in [7, 11) is 0. The van der Waals surface area contributed by atoms with Crippen LogP contribution in [0.1, 0.15) is 21.7 Å². The summed E-state index contributed by atoms with van der Waals surface area (Å²) < 4.78 is 5.29. The van der Waals surface area contributed by atoms with Crippen LogP contribution in [0.25, 0.3) is 0 Å². The summed E-state index contributed by atoms with van der Waals surface area (Å²) in [5.41, 5.74) is 2.19. The maximum Gasteiger partial charge on any atom is 0.290 e. The molecule has 1 atom stereocenters. The van der Waals surface area contributed by atoms with E-state index in [0.717, 1.165) is 43.9 Å². The number of furan rings is 1. The summed E-state index contributed by atoms with van der Waals surface area (Å²) in [6.45, 7) is 5.78. The van der Waals surface area contributed by atoms with Crippen LogP contribution in [0, 0.1) is 0 Å². The zero-order valence-corrected chi connectivity index (χ0v) is 17.1. The topological polar surface area (TPSA) is 77.8 Å². The van der Waals surface area contributed by atoms with Crippen LogP contribution in [0.4, 0.5) is 0 Å². The molecule has 2 aliphatic rings. The molecule has 8 heteroatoms. The molecule has 2 aliphatic heterocycles. The standard InChI is InChI=1S/C21H26N4O3.ClH/c26-20(23-9-12-24-10-7-22-8-11-24)18-14-16-4-1-2-5-17(16)15-25(18)21(27)19-6-3-13-28-19;/h1-6,13,18,22H,7-12,14-15H2,(H,23,26);1H. The van der Waals surface area contributed by atoms with Gasteiger partial charge in [0.25, 0.3) is 5.91 Å². The molecule has 1 aromatic heterocycles. The lowest BCUT2D eigenvalue weighted by molar-refractivity contribution is -0.126. The number of piperazine rings is 1. The Bertz CT molecular complexity index is 821. The van der Waals surface area contributed by atoms with E-state index >= 15 is 0 Å². The third-order valence-electron chi connectivity index (χ3n) is 5.48. The summed E-state index contributed by atoms with van der Waals surface area (Å²) in [6.07, 6.45) is 2.00. The molecular weight excluding hydrogens is 392 g/mol. The van der Waals surface area contributed by atoms with Gasteiger partial charge in [-0.25, -0.2) is 0 Å². The number of carbonyl (C=O) groups is 2. The smallest absolute Gasteiger partial charge is 0.290 e. The van der Waals surface area contributed by atoms with E-state index in [1.807, 2.05) is 24.3 Å². The van der Waals surface area contributed by atoms with Crippen molar-refractivity contribution in [2.24, 2.45) is 0 Å². The third kappa shape index (κ3) is 4.98. The Kier molecular flexibility index (Phi) is 7.30. The number of nitrogens with zero attached hydrogens (tertiary/aromatic N) is 2. The van der Waals surface area contributed by atoms with Crippen LogP contribution in [-0.4, -0.2) is 66.9 Å². The largest absolute Gasteiger partial charge is 0.459 e. The first kappa shape index (κ1) is 21.4. The van der Waals surface area contributed by atoms with Crippen molar-refractivity contribution in [1.29, 1.82) is 0 Å². The molecule has 0 spiro atoms. The fraction of sp³-hybridized carbons (Fsp3) is 0.429. The van der Waals surface area contributed by atoms with Crippen molar-refractivity contribution < 1.29 is 14.0 Å². The van der Waals surface area contributed by atoms with Crippen LogP contribution in [0.5, 0.6) is 0 Å². The van der Waals surface area contributed by atoms with E-state index in [4.69, 9.17) is 4.42 Å². The molecule has 1 aromatic carbocycles. The van der Waals surface area contributed by atoms with Crippen molar-refractivity contribution in [3.05, 3.63) is 59.5 Å². The minimum atomic E-state index is -0.532. The number of hydrogen-bond acceptors (Lipinski definition) is 5. The predicted molar refractivity (Wildman–Crippen MR) is 112 cm³/mol. The van der Waals surface area contributed by atoms with Crippen molar-refractivity contribution in [3.8, 4) is 0 Å². The molecular formula is C21H27ClN4O3. The minimum Gasteiger partial charge on any atom is -0.459 e. The molecule has 0 bridgehead atoms. The molecule has 7 nitrogen and oxygen atoms in total. The Morgan fingerprint density at radius 2 is 1.86 bits per heavy atom. The first-order valence-electron chi connectivity index (χ1n) is 9.84. The van der Waals surface area contributed by atoms with Gasteiger partial charge >= 0.3 is 0 Å². The Hall–Kier alpha value is -2.35. The van der Waals surface area contributed by atoms with Gasteiger partial charge in [-0.15, -0.1) is 12.4 Å². The zero-order chi connectivity index (χ0) is 19.3. The highest BCUT2D eigenvalue weighted by Gasteiger charge is 2.35. The van der Waals surface area contributed by atoms with E-state index < -0.39 is 6.04 Å². The lowest BCUT2D eigenvalue weighted by atomic mass is 9.93. The molecule has 1 fully saturated rings. The number of carbonyl (C=O) groups excluding carboxylic acids is 2. The second kappa shape index (κ2) is 9.91. The Morgan fingerprint density at radius 3 is 2.59 bits per heavy atom. The van der Waals surface area contributed by atoms with Gasteiger partial charge in [0, 0.05) is 52.2 Å². The van der Waals surface area contributed by atoms with Gasteiger partial charge in [-0.3, -0.25) is 14.5 Å². The maximum absolute atomic E-state index is 13.0. The number of benzene rings is 1. The molecule has 29 heavy (non-hydrogen) atoms. The highest BCUT2D eigenvalue weighted by molar-refractivity contribution is 5.96. The van der Waals surface area contributed by atoms with Gasteiger partial charge in [0.05, 0.1) is 6.26 Å². The minimum absolute atomic E-state index is 0. The Morgan fingerprint density at radius 1 is 1.10 bits per heavy atom. The summed E-state index contributed by atoms with van der Waals surface area (Å²) in [6, 6.07) is 10.8. The molecule has 2 aromatic rings. The number of rotatable bonds is 5. The summed E-state index contributed by atoms with van der Waals surface area (Å²) in [5.74, 6) is -0.0932. The van der Waals surface area contributed by atoms with E-state index in [1.54, 1.807) is 17.0 Å². The molecule has 4 rings (SSSR count). The van der Waals surface area contributed by atoms with Crippen molar-refractivity contribution in [2.45, 2.75) is 19.0 Å². The summed E-state index contributed by atoms with van der Waals surface area (Å²) in [4.78, 5) is 29.9. The lowest BCUT2D eigenvalue weighted by Gasteiger charge is -2.35. The monoisotopic (exact) mass is 418 g/mol.